The van der Waals surface area contributed by atoms with Crippen LogP contribution in [-0.4, -0.2) is 76.3 Å². The van der Waals surface area contributed by atoms with Crippen LogP contribution in [0.3, 0.4) is 0 Å². The minimum absolute atomic E-state index is 0.0382. The molecule has 0 spiro atoms. The number of anilines is 1. The Morgan fingerprint density at radius 1 is 1.18 bits per heavy atom. The number of methoxy groups -OCH3 is 1. The lowest BCUT2D eigenvalue weighted by atomic mass is 10.2. The van der Waals surface area contributed by atoms with Gasteiger partial charge in [0.2, 0.25) is 0 Å². The van der Waals surface area contributed by atoms with Crippen molar-refractivity contribution in [3.8, 4) is 5.75 Å². The van der Waals surface area contributed by atoms with Crippen LogP contribution in [-0.2, 0) is 0 Å². The van der Waals surface area contributed by atoms with E-state index in [1.807, 2.05) is 31.1 Å². The molecule has 122 valence electrons. The van der Waals surface area contributed by atoms with Crippen molar-refractivity contribution in [1.29, 1.82) is 0 Å². The first kappa shape index (κ1) is 16.4. The third-order valence-electron chi connectivity index (χ3n) is 3.84. The highest BCUT2D eigenvalue weighted by atomic mass is 16.5. The first-order valence-corrected chi connectivity index (χ1v) is 7.66. The summed E-state index contributed by atoms with van der Waals surface area (Å²) in [5.41, 5.74) is 1.17. The molecule has 0 aliphatic carbocycles. The van der Waals surface area contributed by atoms with Crippen molar-refractivity contribution in [3.05, 3.63) is 24.3 Å². The monoisotopic (exact) mass is 306 g/mol. The third kappa shape index (κ3) is 4.53. The molecule has 0 saturated carbocycles. The van der Waals surface area contributed by atoms with Crippen molar-refractivity contribution >= 4 is 11.7 Å². The number of carbonyl (C=O) groups excluding carboxylic acids is 1. The molecule has 0 unspecified atom stereocenters. The first-order valence-electron chi connectivity index (χ1n) is 7.66. The Balaban J connectivity index is 1.78. The number of nitrogens with zero attached hydrogens (tertiary/aromatic N) is 3. The zero-order chi connectivity index (χ0) is 15.9. The Labute approximate surface area is 132 Å². The van der Waals surface area contributed by atoms with Crippen molar-refractivity contribution in [2.24, 2.45) is 0 Å². The second-order valence-electron chi connectivity index (χ2n) is 5.71. The summed E-state index contributed by atoms with van der Waals surface area (Å²) in [6, 6.07) is 8.10. The molecule has 1 fully saturated rings. The molecule has 1 aliphatic heterocycles. The fourth-order valence-electron chi connectivity index (χ4n) is 2.46. The predicted molar refractivity (Wildman–Crippen MR) is 88.7 cm³/mol. The number of amides is 2. The highest BCUT2D eigenvalue weighted by Gasteiger charge is 2.20. The van der Waals surface area contributed by atoms with Crippen LogP contribution < -0.4 is 15.0 Å². The van der Waals surface area contributed by atoms with Crippen LogP contribution in [0.1, 0.15) is 0 Å². The number of rotatable bonds is 5. The summed E-state index contributed by atoms with van der Waals surface area (Å²) >= 11 is 0. The number of hydrogen-bond acceptors (Lipinski definition) is 4. The molecule has 0 atom stereocenters. The van der Waals surface area contributed by atoms with E-state index in [9.17, 15) is 4.79 Å². The van der Waals surface area contributed by atoms with Crippen LogP contribution in [0.2, 0.25) is 0 Å². The Bertz CT molecular complexity index is 468. The van der Waals surface area contributed by atoms with E-state index < -0.39 is 0 Å². The molecule has 2 amide bonds. The number of carbonyl (C=O) groups is 1. The fourth-order valence-corrected chi connectivity index (χ4v) is 2.46. The number of benzene rings is 1. The number of piperazine rings is 1. The fraction of sp³-hybridized carbons (Fsp3) is 0.562. The highest BCUT2D eigenvalue weighted by Crippen LogP contribution is 2.20. The van der Waals surface area contributed by atoms with Gasteiger partial charge in [-0.1, -0.05) is 0 Å². The second kappa shape index (κ2) is 7.89. The van der Waals surface area contributed by atoms with E-state index in [4.69, 9.17) is 4.74 Å². The van der Waals surface area contributed by atoms with Gasteiger partial charge in [-0.15, -0.1) is 0 Å². The van der Waals surface area contributed by atoms with E-state index in [0.717, 1.165) is 38.5 Å². The summed E-state index contributed by atoms with van der Waals surface area (Å²) < 4.78 is 5.18. The first-order chi connectivity index (χ1) is 10.6. The smallest absolute Gasteiger partial charge is 0.317 e. The van der Waals surface area contributed by atoms with Gasteiger partial charge in [0, 0.05) is 45.0 Å². The van der Waals surface area contributed by atoms with Gasteiger partial charge < -0.3 is 24.8 Å². The van der Waals surface area contributed by atoms with Gasteiger partial charge in [-0.25, -0.2) is 4.79 Å². The summed E-state index contributed by atoms with van der Waals surface area (Å²) in [5, 5.41) is 2.96. The zero-order valence-corrected chi connectivity index (χ0v) is 13.7. The maximum atomic E-state index is 12.1. The molecule has 1 saturated heterocycles. The highest BCUT2D eigenvalue weighted by molar-refractivity contribution is 5.74. The van der Waals surface area contributed by atoms with Crippen LogP contribution in [0.15, 0.2) is 24.3 Å². The molecule has 1 heterocycles. The van der Waals surface area contributed by atoms with Crippen molar-refractivity contribution in [2.75, 3.05) is 65.4 Å². The molecule has 1 aromatic rings. The van der Waals surface area contributed by atoms with Crippen molar-refractivity contribution < 1.29 is 9.53 Å². The number of nitrogens with one attached hydrogen (secondary N) is 1. The van der Waals surface area contributed by atoms with Gasteiger partial charge in [0.15, 0.2) is 0 Å². The molecule has 22 heavy (non-hydrogen) atoms. The van der Waals surface area contributed by atoms with Gasteiger partial charge >= 0.3 is 6.03 Å². The molecule has 0 radical (unpaired) electrons. The van der Waals surface area contributed by atoms with Crippen LogP contribution in [0.25, 0.3) is 0 Å². The largest absolute Gasteiger partial charge is 0.497 e. The van der Waals surface area contributed by atoms with E-state index >= 15 is 0 Å². The third-order valence-corrected chi connectivity index (χ3v) is 3.84. The van der Waals surface area contributed by atoms with Crippen molar-refractivity contribution in [3.63, 3.8) is 0 Å². The van der Waals surface area contributed by atoms with Crippen molar-refractivity contribution in [1.82, 2.24) is 15.1 Å². The molecule has 1 aromatic carbocycles. The molecule has 2 rings (SSSR count). The molecule has 1 aliphatic rings. The van der Waals surface area contributed by atoms with E-state index in [-0.39, 0.29) is 6.03 Å². The van der Waals surface area contributed by atoms with Gasteiger partial charge in [-0.3, -0.25) is 0 Å². The van der Waals surface area contributed by atoms with Gasteiger partial charge in [-0.2, -0.15) is 0 Å². The van der Waals surface area contributed by atoms with Gasteiger partial charge in [-0.05, 0) is 38.4 Å². The van der Waals surface area contributed by atoms with Gasteiger partial charge in [0.25, 0.3) is 0 Å². The lowest BCUT2D eigenvalue weighted by Gasteiger charge is -2.36. The van der Waals surface area contributed by atoms with Crippen LogP contribution in [0, 0.1) is 0 Å². The van der Waals surface area contributed by atoms with Crippen LogP contribution in [0.4, 0.5) is 10.5 Å². The molecular formula is C16H26N4O2. The van der Waals surface area contributed by atoms with E-state index in [1.165, 1.54) is 5.69 Å². The Morgan fingerprint density at radius 2 is 1.82 bits per heavy atom. The number of ether oxygens (including phenoxy) is 1. The summed E-state index contributed by atoms with van der Waals surface area (Å²) in [6.45, 7) is 4.75. The summed E-state index contributed by atoms with van der Waals surface area (Å²) in [6.07, 6.45) is 0. The Morgan fingerprint density at radius 3 is 2.36 bits per heavy atom. The quantitative estimate of drug-likeness (QED) is 0.885. The summed E-state index contributed by atoms with van der Waals surface area (Å²) in [4.78, 5) is 18.3. The van der Waals surface area contributed by atoms with Gasteiger partial charge in [0.05, 0.1) is 7.11 Å². The van der Waals surface area contributed by atoms with E-state index in [2.05, 4.69) is 27.2 Å². The summed E-state index contributed by atoms with van der Waals surface area (Å²) in [5.74, 6) is 0.864. The van der Waals surface area contributed by atoms with Gasteiger partial charge in [0.1, 0.15) is 5.75 Å². The second-order valence-corrected chi connectivity index (χ2v) is 5.71. The average Bonchev–Trinajstić information content (AvgIpc) is 2.54. The number of hydrogen-bond donors (Lipinski definition) is 1. The minimum Gasteiger partial charge on any atom is -0.497 e. The average molecular weight is 306 g/mol. The number of urea groups is 1. The molecule has 1 N–H and O–H groups in total. The molecule has 6 nitrogen and oxygen atoms in total. The molecule has 0 bridgehead atoms. The maximum absolute atomic E-state index is 12.1. The Kier molecular flexibility index (Phi) is 5.89. The summed E-state index contributed by atoms with van der Waals surface area (Å²) in [7, 11) is 5.67. The van der Waals surface area contributed by atoms with Crippen molar-refractivity contribution in [2.45, 2.75) is 0 Å². The van der Waals surface area contributed by atoms with Crippen LogP contribution >= 0.6 is 0 Å². The zero-order valence-electron chi connectivity index (χ0n) is 13.7. The molecular weight excluding hydrogens is 280 g/mol. The molecule has 6 heteroatoms. The SMILES string of the molecule is COc1ccc(N2CCN(C(=O)NCCN(C)C)CC2)cc1. The number of likely N-dealkylation sites (N-methyl/N-ethyl adjacent to an activating group) is 1. The lowest BCUT2D eigenvalue weighted by Crippen LogP contribution is -2.52. The normalized spacial score (nSPS) is 15.1. The van der Waals surface area contributed by atoms with E-state index in [0.29, 0.717) is 6.54 Å². The Hall–Kier alpha value is -1.95. The standard InChI is InChI=1S/C16H26N4O2/c1-18(2)9-8-17-16(21)20-12-10-19(11-13-20)14-4-6-15(22-3)7-5-14/h4-7H,8-13H2,1-3H3,(H,17,21). The topological polar surface area (TPSA) is 48.1 Å². The maximum Gasteiger partial charge on any atom is 0.317 e. The predicted octanol–water partition coefficient (Wildman–Crippen LogP) is 1.09. The minimum atomic E-state index is 0.0382. The lowest BCUT2D eigenvalue weighted by molar-refractivity contribution is 0.193. The molecule has 0 aromatic heterocycles. The van der Waals surface area contributed by atoms with E-state index in [1.54, 1.807) is 7.11 Å². The van der Waals surface area contributed by atoms with Crippen LogP contribution in [0.5, 0.6) is 5.75 Å².